The number of imide groups is 1. The number of halogens is 7. The molecule has 112 valence electrons. The smallest absolute Gasteiger partial charge is 0.426 e. The number of hydrogen-bond donors (Lipinski definition) is 1. The van der Waals surface area contributed by atoms with E-state index in [4.69, 9.17) is 11.6 Å². The lowest BCUT2D eigenvalue weighted by Crippen LogP contribution is -2.48. The summed E-state index contributed by atoms with van der Waals surface area (Å²) in [7, 11) is 0. The Balaban J connectivity index is 4.72. The van der Waals surface area contributed by atoms with Crippen molar-refractivity contribution in [3.63, 3.8) is 0 Å². The van der Waals surface area contributed by atoms with Crippen LogP contribution in [0.2, 0.25) is 0 Å². The quantitative estimate of drug-likeness (QED) is 0.643. The number of alkyl halides is 7. The number of nitrogens with one attached hydrogen (secondary N) is 1. The van der Waals surface area contributed by atoms with E-state index in [2.05, 4.69) is 4.74 Å². The van der Waals surface area contributed by atoms with Crippen molar-refractivity contribution in [2.24, 2.45) is 5.92 Å². The minimum absolute atomic E-state index is 0.277. The van der Waals surface area contributed by atoms with Crippen molar-refractivity contribution in [2.45, 2.75) is 25.4 Å². The van der Waals surface area contributed by atoms with Gasteiger partial charge >= 0.3 is 18.4 Å². The van der Waals surface area contributed by atoms with E-state index in [-0.39, 0.29) is 5.88 Å². The minimum Gasteiger partial charge on any atom is -0.426 e. The highest BCUT2D eigenvalue weighted by Crippen LogP contribution is 2.35. The third-order valence-electron chi connectivity index (χ3n) is 1.72. The second-order valence-corrected chi connectivity index (χ2v) is 3.72. The Labute approximate surface area is 108 Å². The fourth-order valence-electron chi connectivity index (χ4n) is 0.750. The van der Waals surface area contributed by atoms with Crippen LogP contribution in [0, 0.1) is 5.92 Å². The Morgan fingerprint density at radius 1 is 1.16 bits per heavy atom. The molecule has 0 aliphatic rings. The summed E-state index contributed by atoms with van der Waals surface area (Å²) >= 11 is 5.21. The van der Waals surface area contributed by atoms with Crippen molar-refractivity contribution in [3.8, 4) is 0 Å². The molecule has 0 saturated carbocycles. The molecule has 0 radical (unpaired) electrons. The van der Waals surface area contributed by atoms with Crippen LogP contribution in [0.5, 0.6) is 0 Å². The van der Waals surface area contributed by atoms with Gasteiger partial charge in [-0.15, -0.1) is 11.6 Å². The molecule has 0 aromatic heterocycles. The molecule has 0 fully saturated rings. The van der Waals surface area contributed by atoms with Crippen molar-refractivity contribution < 1.29 is 40.7 Å². The van der Waals surface area contributed by atoms with Gasteiger partial charge < -0.3 is 4.74 Å². The molecule has 1 atom stereocenters. The maximum absolute atomic E-state index is 12.0. The fourth-order valence-corrected chi connectivity index (χ4v) is 0.890. The van der Waals surface area contributed by atoms with E-state index in [0.717, 1.165) is 0 Å². The van der Waals surface area contributed by atoms with Crippen molar-refractivity contribution >= 4 is 23.6 Å². The lowest BCUT2D eigenvalue weighted by Gasteiger charge is -2.22. The number of hydrogen-bond acceptors (Lipinski definition) is 3. The van der Waals surface area contributed by atoms with Gasteiger partial charge in [-0.05, 0) is 0 Å². The van der Waals surface area contributed by atoms with Gasteiger partial charge in [-0.2, -0.15) is 26.3 Å². The molecule has 1 unspecified atom stereocenters. The summed E-state index contributed by atoms with van der Waals surface area (Å²) in [5.74, 6) is -2.41. The zero-order valence-corrected chi connectivity index (χ0v) is 9.99. The van der Waals surface area contributed by atoms with Crippen LogP contribution in [0.1, 0.15) is 6.92 Å². The van der Waals surface area contributed by atoms with Crippen molar-refractivity contribution in [3.05, 3.63) is 0 Å². The molecule has 11 heteroatoms. The summed E-state index contributed by atoms with van der Waals surface area (Å²) in [6, 6.07) is 0. The maximum atomic E-state index is 12.0. The maximum Gasteiger partial charge on any atom is 0.434 e. The average Bonchev–Trinajstić information content (AvgIpc) is 2.21. The molecule has 0 aliphatic heterocycles. The Morgan fingerprint density at radius 3 is 1.89 bits per heavy atom. The van der Waals surface area contributed by atoms with Crippen LogP contribution in [0.3, 0.4) is 0 Å². The zero-order valence-electron chi connectivity index (χ0n) is 9.23. The van der Waals surface area contributed by atoms with Crippen LogP contribution in [-0.4, -0.2) is 36.3 Å². The van der Waals surface area contributed by atoms with Crippen molar-refractivity contribution in [2.75, 3.05) is 5.88 Å². The predicted molar refractivity (Wildman–Crippen MR) is 50.4 cm³/mol. The van der Waals surface area contributed by atoms with Gasteiger partial charge in [0.1, 0.15) is 0 Å². The predicted octanol–water partition coefficient (Wildman–Crippen LogP) is 2.61. The van der Waals surface area contributed by atoms with Crippen LogP contribution in [0.4, 0.5) is 31.1 Å². The molecule has 4 nitrogen and oxygen atoms in total. The van der Waals surface area contributed by atoms with E-state index in [1.807, 2.05) is 0 Å². The Bertz CT molecular complexity index is 328. The van der Waals surface area contributed by atoms with Gasteiger partial charge in [0.15, 0.2) is 0 Å². The van der Waals surface area contributed by atoms with Crippen molar-refractivity contribution in [1.82, 2.24) is 5.32 Å². The number of carbonyl (C=O) groups is 2. The highest BCUT2D eigenvalue weighted by Gasteiger charge is 2.60. The molecule has 2 amide bonds. The number of carbonyl (C=O) groups excluding carboxylic acids is 2. The summed E-state index contributed by atoms with van der Waals surface area (Å²) in [5, 5.41) is 1.22. The second kappa shape index (κ2) is 6.31. The SMILES string of the molecule is CC(CCl)C(=O)NC(=O)OC(C(F)(F)F)C(F)(F)F. The summed E-state index contributed by atoms with van der Waals surface area (Å²) < 4.78 is 75.2. The normalized spacial score (nSPS) is 14.2. The lowest BCUT2D eigenvalue weighted by molar-refractivity contribution is -0.306. The first-order valence-corrected chi connectivity index (χ1v) is 5.14. The zero-order chi connectivity index (χ0) is 15.4. The summed E-state index contributed by atoms with van der Waals surface area (Å²) in [5.41, 5.74) is 0. The van der Waals surface area contributed by atoms with Crippen LogP contribution in [-0.2, 0) is 9.53 Å². The van der Waals surface area contributed by atoms with E-state index >= 15 is 0 Å². The van der Waals surface area contributed by atoms with E-state index in [0.29, 0.717) is 0 Å². The topological polar surface area (TPSA) is 55.4 Å². The van der Waals surface area contributed by atoms with Crippen LogP contribution < -0.4 is 5.32 Å². The molecule has 0 aliphatic carbocycles. The average molecular weight is 316 g/mol. The van der Waals surface area contributed by atoms with Gasteiger partial charge in [0.25, 0.3) is 6.10 Å². The number of rotatable bonds is 3. The first kappa shape index (κ1) is 17.8. The molecular formula is C8H8ClF6NO3. The number of ether oxygens (including phenoxy) is 1. The van der Waals surface area contributed by atoms with Gasteiger partial charge in [0, 0.05) is 11.8 Å². The summed E-state index contributed by atoms with van der Waals surface area (Å²) in [4.78, 5) is 21.8. The summed E-state index contributed by atoms with van der Waals surface area (Å²) in [6.45, 7) is 1.21. The molecule has 0 heterocycles. The van der Waals surface area contributed by atoms with Gasteiger partial charge in [-0.1, -0.05) is 6.92 Å². The molecular weight excluding hydrogens is 308 g/mol. The second-order valence-electron chi connectivity index (χ2n) is 3.41. The molecule has 0 aromatic carbocycles. The molecule has 0 spiro atoms. The van der Waals surface area contributed by atoms with Gasteiger partial charge in [-0.25, -0.2) is 4.79 Å². The fraction of sp³-hybridized carbons (Fsp3) is 0.750. The standard InChI is InChI=1S/C8H8ClF6NO3/c1-3(2-9)4(17)16-6(18)19-5(7(10,11)12)8(13,14)15/h3,5H,2H2,1H3,(H,16,17,18). The minimum atomic E-state index is -5.84. The third-order valence-corrected chi connectivity index (χ3v) is 2.19. The highest BCUT2D eigenvalue weighted by molar-refractivity contribution is 6.19. The molecule has 19 heavy (non-hydrogen) atoms. The Hall–Kier alpha value is -1.19. The molecule has 1 N–H and O–H groups in total. The van der Waals surface area contributed by atoms with E-state index in [1.54, 1.807) is 0 Å². The van der Waals surface area contributed by atoms with Crippen LogP contribution >= 0.6 is 11.6 Å². The van der Waals surface area contributed by atoms with E-state index < -0.39 is 36.4 Å². The number of alkyl carbamates (subject to hydrolysis) is 1. The van der Waals surface area contributed by atoms with Gasteiger partial charge in [0.05, 0.1) is 0 Å². The first-order chi connectivity index (χ1) is 8.39. The highest BCUT2D eigenvalue weighted by atomic mass is 35.5. The van der Waals surface area contributed by atoms with Gasteiger partial charge in [-0.3, -0.25) is 10.1 Å². The monoisotopic (exact) mass is 315 g/mol. The molecule has 0 saturated heterocycles. The number of amides is 2. The largest absolute Gasteiger partial charge is 0.434 e. The third kappa shape index (κ3) is 5.99. The van der Waals surface area contributed by atoms with Gasteiger partial charge in [0.2, 0.25) is 5.91 Å². The van der Waals surface area contributed by atoms with Crippen LogP contribution in [0.15, 0.2) is 0 Å². The summed E-state index contributed by atoms with van der Waals surface area (Å²) in [6.07, 6.45) is -18.1. The van der Waals surface area contributed by atoms with Crippen LogP contribution in [0.25, 0.3) is 0 Å². The molecule has 0 rings (SSSR count). The Kier molecular flexibility index (Phi) is 5.91. The van der Waals surface area contributed by atoms with Crippen molar-refractivity contribution in [1.29, 1.82) is 0 Å². The molecule has 0 bridgehead atoms. The van der Waals surface area contributed by atoms with E-state index in [1.165, 1.54) is 12.2 Å². The molecule has 0 aromatic rings. The first-order valence-electron chi connectivity index (χ1n) is 4.60. The Morgan fingerprint density at radius 2 is 1.58 bits per heavy atom. The lowest BCUT2D eigenvalue weighted by atomic mass is 10.2. The van der Waals surface area contributed by atoms with E-state index in [9.17, 15) is 35.9 Å².